The molecule has 0 unspecified atom stereocenters. The predicted octanol–water partition coefficient (Wildman–Crippen LogP) is 3.42. The zero-order valence-electron chi connectivity index (χ0n) is 12.4. The summed E-state index contributed by atoms with van der Waals surface area (Å²) < 4.78 is 0. The van der Waals surface area contributed by atoms with Gasteiger partial charge in [-0.05, 0) is 38.8 Å². The van der Waals surface area contributed by atoms with Gasteiger partial charge in [-0.2, -0.15) is 0 Å². The number of rotatable bonds is 5. The van der Waals surface area contributed by atoms with Crippen molar-refractivity contribution in [2.45, 2.75) is 63.5 Å². The minimum atomic E-state index is 0.348. The Morgan fingerprint density at radius 2 is 1.85 bits per heavy atom. The second kappa shape index (κ2) is 7.01. The first kappa shape index (κ1) is 14.5. The highest BCUT2D eigenvalue weighted by molar-refractivity contribution is 7.09. The number of piperidine rings is 1. The maximum absolute atomic E-state index is 4.42. The van der Waals surface area contributed by atoms with Crippen LogP contribution < -0.4 is 5.32 Å². The molecule has 2 heterocycles. The third kappa shape index (κ3) is 3.80. The molecule has 1 aromatic rings. The zero-order valence-corrected chi connectivity index (χ0v) is 13.3. The van der Waals surface area contributed by atoms with Crippen molar-refractivity contribution in [3.63, 3.8) is 0 Å². The summed E-state index contributed by atoms with van der Waals surface area (Å²) in [7, 11) is 0. The van der Waals surface area contributed by atoms with Crippen LogP contribution in [0.15, 0.2) is 11.6 Å². The average Bonchev–Trinajstić information content (AvgIpc) is 3.01. The van der Waals surface area contributed by atoms with Crippen molar-refractivity contribution in [3.8, 4) is 0 Å². The van der Waals surface area contributed by atoms with Gasteiger partial charge < -0.3 is 10.2 Å². The molecule has 1 saturated heterocycles. The molecule has 0 amide bonds. The second-order valence-corrected chi connectivity index (χ2v) is 7.44. The molecule has 2 fully saturated rings. The van der Waals surface area contributed by atoms with Crippen LogP contribution in [0.1, 0.15) is 56.4 Å². The van der Waals surface area contributed by atoms with Gasteiger partial charge in [-0.3, -0.25) is 0 Å². The van der Waals surface area contributed by atoms with Gasteiger partial charge >= 0.3 is 0 Å². The standard InChI is InChI=1S/C16H27N3S/c1-3-7-16(8-4-1,14-19-10-5-2-6-11-19)18-13-15-17-9-12-20-15/h9,12,18H,1-8,10-11,13-14H2. The molecule has 0 spiro atoms. The van der Waals surface area contributed by atoms with Gasteiger partial charge in [0.2, 0.25) is 0 Å². The molecule has 0 bridgehead atoms. The highest BCUT2D eigenvalue weighted by atomic mass is 32.1. The van der Waals surface area contributed by atoms with Gasteiger partial charge in [-0.15, -0.1) is 11.3 Å². The Morgan fingerprint density at radius 1 is 1.10 bits per heavy atom. The molecule has 1 aromatic heterocycles. The summed E-state index contributed by atoms with van der Waals surface area (Å²) in [4.78, 5) is 7.12. The molecule has 3 nitrogen and oxygen atoms in total. The third-order valence-corrected chi connectivity index (χ3v) is 5.66. The fourth-order valence-electron chi connectivity index (χ4n) is 3.77. The Labute approximate surface area is 126 Å². The van der Waals surface area contributed by atoms with E-state index in [0.29, 0.717) is 5.54 Å². The van der Waals surface area contributed by atoms with E-state index in [-0.39, 0.29) is 0 Å². The van der Waals surface area contributed by atoms with E-state index >= 15 is 0 Å². The lowest BCUT2D eigenvalue weighted by molar-refractivity contribution is 0.122. The number of likely N-dealkylation sites (tertiary alicyclic amines) is 1. The highest BCUT2D eigenvalue weighted by Gasteiger charge is 2.33. The van der Waals surface area contributed by atoms with Crippen molar-refractivity contribution in [2.24, 2.45) is 0 Å². The largest absolute Gasteiger partial charge is 0.304 e. The Balaban J connectivity index is 1.60. The van der Waals surface area contributed by atoms with E-state index in [4.69, 9.17) is 0 Å². The predicted molar refractivity (Wildman–Crippen MR) is 85.1 cm³/mol. The lowest BCUT2D eigenvalue weighted by atomic mass is 9.81. The maximum atomic E-state index is 4.42. The molecule has 0 radical (unpaired) electrons. The molecular formula is C16H27N3S. The van der Waals surface area contributed by atoms with Gasteiger partial charge in [0.25, 0.3) is 0 Å². The summed E-state index contributed by atoms with van der Waals surface area (Å²) in [5.74, 6) is 0. The van der Waals surface area contributed by atoms with Crippen LogP contribution in [0.25, 0.3) is 0 Å². The molecule has 0 atom stereocenters. The van der Waals surface area contributed by atoms with Gasteiger partial charge in [-0.1, -0.05) is 25.7 Å². The van der Waals surface area contributed by atoms with Crippen LogP contribution in [0.3, 0.4) is 0 Å². The summed E-state index contributed by atoms with van der Waals surface area (Å²) in [5, 5.41) is 7.20. The minimum absolute atomic E-state index is 0.348. The summed E-state index contributed by atoms with van der Waals surface area (Å²) >= 11 is 1.77. The van der Waals surface area contributed by atoms with Crippen LogP contribution in [0.2, 0.25) is 0 Å². The Bertz CT molecular complexity index is 378. The maximum Gasteiger partial charge on any atom is 0.106 e. The van der Waals surface area contributed by atoms with Crippen molar-refractivity contribution >= 4 is 11.3 Å². The van der Waals surface area contributed by atoms with Gasteiger partial charge in [0.05, 0.1) is 0 Å². The summed E-state index contributed by atoms with van der Waals surface area (Å²) in [6.07, 6.45) is 13.0. The van der Waals surface area contributed by atoms with Gasteiger partial charge in [0, 0.05) is 30.2 Å². The van der Waals surface area contributed by atoms with E-state index in [1.165, 1.54) is 76.0 Å². The van der Waals surface area contributed by atoms with E-state index in [1.807, 2.05) is 6.20 Å². The third-order valence-electron chi connectivity index (χ3n) is 4.88. The van der Waals surface area contributed by atoms with Gasteiger partial charge in [-0.25, -0.2) is 4.98 Å². The van der Waals surface area contributed by atoms with Crippen molar-refractivity contribution in [2.75, 3.05) is 19.6 Å². The van der Waals surface area contributed by atoms with Crippen molar-refractivity contribution in [1.82, 2.24) is 15.2 Å². The lowest BCUT2D eigenvalue weighted by Gasteiger charge is -2.43. The molecule has 4 heteroatoms. The molecule has 3 rings (SSSR count). The average molecular weight is 293 g/mol. The van der Waals surface area contributed by atoms with Crippen molar-refractivity contribution < 1.29 is 0 Å². The first-order valence-electron chi connectivity index (χ1n) is 8.22. The molecule has 1 aliphatic heterocycles. The molecule has 20 heavy (non-hydrogen) atoms. The molecule has 1 N–H and O–H groups in total. The van der Waals surface area contributed by atoms with Crippen LogP contribution in [0, 0.1) is 0 Å². The van der Waals surface area contributed by atoms with E-state index < -0.39 is 0 Å². The number of nitrogens with zero attached hydrogens (tertiary/aromatic N) is 2. The van der Waals surface area contributed by atoms with Crippen molar-refractivity contribution in [1.29, 1.82) is 0 Å². The summed E-state index contributed by atoms with van der Waals surface area (Å²) in [6.45, 7) is 4.81. The molecular weight excluding hydrogens is 266 g/mol. The smallest absolute Gasteiger partial charge is 0.106 e. The van der Waals surface area contributed by atoms with Crippen LogP contribution in [0.5, 0.6) is 0 Å². The second-order valence-electron chi connectivity index (χ2n) is 6.46. The van der Waals surface area contributed by atoms with E-state index in [9.17, 15) is 0 Å². The van der Waals surface area contributed by atoms with E-state index in [1.54, 1.807) is 11.3 Å². The Hall–Kier alpha value is -0.450. The van der Waals surface area contributed by atoms with Crippen LogP contribution in [-0.4, -0.2) is 35.1 Å². The quantitative estimate of drug-likeness (QED) is 0.901. The van der Waals surface area contributed by atoms with Crippen LogP contribution in [0.4, 0.5) is 0 Å². The number of aromatic nitrogens is 1. The molecule has 0 aromatic carbocycles. The van der Waals surface area contributed by atoms with Crippen LogP contribution >= 0.6 is 11.3 Å². The molecule has 2 aliphatic rings. The van der Waals surface area contributed by atoms with Crippen molar-refractivity contribution in [3.05, 3.63) is 16.6 Å². The first-order chi connectivity index (χ1) is 9.86. The topological polar surface area (TPSA) is 28.2 Å². The number of hydrogen-bond acceptors (Lipinski definition) is 4. The molecule has 1 saturated carbocycles. The van der Waals surface area contributed by atoms with Gasteiger partial charge in [0.1, 0.15) is 5.01 Å². The lowest BCUT2D eigenvalue weighted by Crippen LogP contribution is -2.55. The van der Waals surface area contributed by atoms with E-state index in [0.717, 1.165) is 6.54 Å². The molecule has 112 valence electrons. The normalized spacial score (nSPS) is 23.8. The Morgan fingerprint density at radius 3 is 2.55 bits per heavy atom. The summed E-state index contributed by atoms with van der Waals surface area (Å²) in [6, 6.07) is 0. The number of nitrogens with one attached hydrogen (secondary N) is 1. The fourth-order valence-corrected chi connectivity index (χ4v) is 4.32. The molecule has 1 aliphatic carbocycles. The zero-order chi connectivity index (χ0) is 13.7. The SMILES string of the molecule is c1csc(CNC2(CN3CCCCC3)CCCCC2)n1. The minimum Gasteiger partial charge on any atom is -0.304 e. The van der Waals surface area contributed by atoms with E-state index in [2.05, 4.69) is 20.6 Å². The highest BCUT2D eigenvalue weighted by Crippen LogP contribution is 2.30. The Kier molecular flexibility index (Phi) is 5.08. The van der Waals surface area contributed by atoms with Crippen LogP contribution in [-0.2, 0) is 6.54 Å². The van der Waals surface area contributed by atoms with Gasteiger partial charge in [0.15, 0.2) is 0 Å². The summed E-state index contributed by atoms with van der Waals surface area (Å²) in [5.41, 5.74) is 0.348. The number of thiazole rings is 1. The number of hydrogen-bond donors (Lipinski definition) is 1. The first-order valence-corrected chi connectivity index (χ1v) is 9.10. The monoisotopic (exact) mass is 293 g/mol. The fraction of sp³-hybridized carbons (Fsp3) is 0.812.